The first-order valence-electron chi connectivity index (χ1n) is 6.98. The number of nitrogens with one attached hydrogen (secondary N) is 1. The Balaban J connectivity index is 1.93. The maximum absolute atomic E-state index is 5.94. The summed E-state index contributed by atoms with van der Waals surface area (Å²) in [5.41, 5.74) is -0.162. The summed E-state index contributed by atoms with van der Waals surface area (Å²) < 4.78 is 17.0. The largest absolute Gasteiger partial charge is 0.478 e. The molecule has 1 aromatic rings. The van der Waals surface area contributed by atoms with Crippen LogP contribution < -0.4 is 14.8 Å². The molecular formula is C14H23N3O3. The van der Waals surface area contributed by atoms with Crippen molar-refractivity contribution in [3.05, 3.63) is 11.9 Å². The van der Waals surface area contributed by atoms with Gasteiger partial charge in [0.25, 0.3) is 0 Å². The number of hydrogen-bond acceptors (Lipinski definition) is 6. The van der Waals surface area contributed by atoms with Crippen molar-refractivity contribution in [2.75, 3.05) is 26.3 Å². The minimum atomic E-state index is -0.162. The molecule has 1 aromatic heterocycles. The molecule has 0 saturated carbocycles. The van der Waals surface area contributed by atoms with Crippen LogP contribution in [0.15, 0.2) is 6.07 Å². The molecule has 6 nitrogen and oxygen atoms in total. The average molecular weight is 281 g/mol. The summed E-state index contributed by atoms with van der Waals surface area (Å²) in [6.07, 6.45) is 0.0181. The van der Waals surface area contributed by atoms with Gasteiger partial charge in [-0.2, -0.15) is 9.97 Å². The van der Waals surface area contributed by atoms with E-state index in [1.807, 2.05) is 13.8 Å². The van der Waals surface area contributed by atoms with Crippen LogP contribution in [0.5, 0.6) is 11.8 Å². The number of morpholine rings is 1. The molecule has 0 radical (unpaired) electrons. The van der Waals surface area contributed by atoms with Gasteiger partial charge in [0.15, 0.2) is 0 Å². The van der Waals surface area contributed by atoms with E-state index in [1.165, 1.54) is 0 Å². The predicted molar refractivity (Wildman–Crippen MR) is 75.3 cm³/mol. The molecule has 2 rings (SSSR count). The van der Waals surface area contributed by atoms with Crippen molar-refractivity contribution in [1.29, 1.82) is 0 Å². The molecule has 1 aliphatic rings. The van der Waals surface area contributed by atoms with Gasteiger partial charge in [-0.15, -0.1) is 0 Å². The number of ether oxygens (including phenoxy) is 3. The van der Waals surface area contributed by atoms with E-state index in [4.69, 9.17) is 14.2 Å². The fourth-order valence-corrected chi connectivity index (χ4v) is 2.15. The molecule has 112 valence electrons. The zero-order valence-corrected chi connectivity index (χ0v) is 12.6. The summed E-state index contributed by atoms with van der Waals surface area (Å²) in [4.78, 5) is 8.43. The van der Waals surface area contributed by atoms with E-state index in [2.05, 4.69) is 29.1 Å². The summed E-state index contributed by atoms with van der Waals surface area (Å²) >= 11 is 0. The summed E-state index contributed by atoms with van der Waals surface area (Å²) in [6, 6.07) is 1.71. The van der Waals surface area contributed by atoms with Gasteiger partial charge in [0, 0.05) is 13.1 Å². The Morgan fingerprint density at radius 2 is 2.05 bits per heavy atom. The molecule has 0 spiro atoms. The minimum Gasteiger partial charge on any atom is -0.478 e. The zero-order valence-electron chi connectivity index (χ0n) is 12.6. The standard InChI is InChI=1S/C14H23N3O3/c1-5-18-12-6-13(17-10(2)16-12)19-8-11-7-15-9-14(3,4)20-11/h6,11,15H,5,7-9H2,1-4H3. The van der Waals surface area contributed by atoms with Crippen LogP contribution in [0, 0.1) is 6.92 Å². The molecule has 0 aliphatic carbocycles. The Labute approximate surface area is 119 Å². The summed E-state index contributed by atoms with van der Waals surface area (Å²) in [5.74, 6) is 1.69. The number of aryl methyl sites for hydroxylation is 1. The summed E-state index contributed by atoms with van der Waals surface area (Å²) in [7, 11) is 0. The van der Waals surface area contributed by atoms with Crippen molar-refractivity contribution in [2.45, 2.75) is 39.4 Å². The van der Waals surface area contributed by atoms with E-state index in [9.17, 15) is 0 Å². The van der Waals surface area contributed by atoms with Crippen molar-refractivity contribution < 1.29 is 14.2 Å². The molecule has 1 aliphatic heterocycles. The van der Waals surface area contributed by atoms with E-state index < -0.39 is 0 Å². The molecule has 0 bridgehead atoms. The molecule has 1 unspecified atom stereocenters. The van der Waals surface area contributed by atoms with Crippen LogP contribution in [0.1, 0.15) is 26.6 Å². The lowest BCUT2D eigenvalue weighted by molar-refractivity contribution is -0.107. The molecule has 1 atom stereocenters. The van der Waals surface area contributed by atoms with Gasteiger partial charge >= 0.3 is 0 Å². The van der Waals surface area contributed by atoms with E-state index >= 15 is 0 Å². The zero-order chi connectivity index (χ0) is 14.6. The molecule has 6 heteroatoms. The quantitative estimate of drug-likeness (QED) is 0.878. The van der Waals surface area contributed by atoms with E-state index in [-0.39, 0.29) is 11.7 Å². The molecule has 1 fully saturated rings. The fraction of sp³-hybridized carbons (Fsp3) is 0.714. The topological polar surface area (TPSA) is 65.5 Å². The predicted octanol–water partition coefficient (Wildman–Crippen LogP) is 1.33. The van der Waals surface area contributed by atoms with Crippen molar-refractivity contribution >= 4 is 0 Å². The highest BCUT2D eigenvalue weighted by atomic mass is 16.6. The highest BCUT2D eigenvalue weighted by Gasteiger charge is 2.28. The fourth-order valence-electron chi connectivity index (χ4n) is 2.15. The third-order valence-corrected chi connectivity index (χ3v) is 2.91. The van der Waals surface area contributed by atoms with E-state index in [0.29, 0.717) is 30.8 Å². The van der Waals surface area contributed by atoms with E-state index in [0.717, 1.165) is 13.1 Å². The first-order chi connectivity index (χ1) is 9.48. The maximum Gasteiger partial charge on any atom is 0.220 e. The smallest absolute Gasteiger partial charge is 0.220 e. The molecule has 1 N–H and O–H groups in total. The minimum absolute atomic E-state index is 0.0181. The Morgan fingerprint density at radius 1 is 1.35 bits per heavy atom. The Hall–Kier alpha value is -1.40. The van der Waals surface area contributed by atoms with E-state index in [1.54, 1.807) is 6.07 Å². The van der Waals surface area contributed by atoms with Crippen molar-refractivity contribution in [3.8, 4) is 11.8 Å². The molecule has 20 heavy (non-hydrogen) atoms. The molecule has 0 amide bonds. The lowest BCUT2D eigenvalue weighted by Crippen LogP contribution is -2.52. The van der Waals surface area contributed by atoms with Gasteiger partial charge in [-0.25, -0.2) is 0 Å². The number of hydrogen-bond donors (Lipinski definition) is 1. The first kappa shape index (κ1) is 15.0. The third-order valence-electron chi connectivity index (χ3n) is 2.91. The average Bonchev–Trinajstić information content (AvgIpc) is 2.35. The summed E-state index contributed by atoms with van der Waals surface area (Å²) in [6.45, 7) is 10.5. The molecule has 2 heterocycles. The number of rotatable bonds is 5. The van der Waals surface area contributed by atoms with Gasteiger partial charge in [-0.1, -0.05) is 0 Å². The normalized spacial score (nSPS) is 21.5. The number of nitrogens with zero attached hydrogens (tertiary/aromatic N) is 2. The second-order valence-corrected chi connectivity index (χ2v) is 5.47. The van der Waals surface area contributed by atoms with Gasteiger partial charge in [-0.3, -0.25) is 0 Å². The van der Waals surface area contributed by atoms with Crippen molar-refractivity contribution in [2.24, 2.45) is 0 Å². The second kappa shape index (κ2) is 6.37. The third kappa shape index (κ3) is 4.31. The van der Waals surface area contributed by atoms with Crippen LogP contribution in [0.25, 0.3) is 0 Å². The van der Waals surface area contributed by atoms with Gasteiger partial charge in [-0.05, 0) is 27.7 Å². The SMILES string of the molecule is CCOc1cc(OCC2CNCC(C)(C)O2)nc(C)n1. The maximum atomic E-state index is 5.94. The Bertz CT molecular complexity index is 451. The Kier molecular flexibility index (Phi) is 4.77. The molecular weight excluding hydrogens is 258 g/mol. The van der Waals surface area contributed by atoms with Crippen LogP contribution in [0.3, 0.4) is 0 Å². The van der Waals surface area contributed by atoms with Crippen molar-refractivity contribution in [1.82, 2.24) is 15.3 Å². The monoisotopic (exact) mass is 281 g/mol. The number of aromatic nitrogens is 2. The second-order valence-electron chi connectivity index (χ2n) is 5.47. The van der Waals surface area contributed by atoms with Crippen LogP contribution in [-0.2, 0) is 4.74 Å². The lowest BCUT2D eigenvalue weighted by Gasteiger charge is -2.36. The first-order valence-corrected chi connectivity index (χ1v) is 6.98. The van der Waals surface area contributed by atoms with Crippen LogP contribution in [-0.4, -0.2) is 48.0 Å². The van der Waals surface area contributed by atoms with Crippen LogP contribution >= 0.6 is 0 Å². The van der Waals surface area contributed by atoms with Crippen molar-refractivity contribution in [3.63, 3.8) is 0 Å². The van der Waals surface area contributed by atoms with Gasteiger partial charge in [0.05, 0.1) is 18.3 Å². The summed E-state index contributed by atoms with van der Waals surface area (Å²) in [5, 5.41) is 3.34. The Morgan fingerprint density at radius 3 is 2.70 bits per heavy atom. The molecule has 1 saturated heterocycles. The van der Waals surface area contributed by atoms with Crippen LogP contribution in [0.4, 0.5) is 0 Å². The molecule has 0 aromatic carbocycles. The van der Waals surface area contributed by atoms with Crippen LogP contribution in [0.2, 0.25) is 0 Å². The highest BCUT2D eigenvalue weighted by molar-refractivity contribution is 5.20. The van der Waals surface area contributed by atoms with Gasteiger partial charge in [0.1, 0.15) is 18.5 Å². The van der Waals surface area contributed by atoms with Gasteiger partial charge in [0.2, 0.25) is 11.8 Å². The highest BCUT2D eigenvalue weighted by Crippen LogP contribution is 2.18. The van der Waals surface area contributed by atoms with Gasteiger partial charge < -0.3 is 19.5 Å². The lowest BCUT2D eigenvalue weighted by atomic mass is 10.1.